The van der Waals surface area contributed by atoms with E-state index in [4.69, 9.17) is 0 Å². The Morgan fingerprint density at radius 2 is 2.20 bits per heavy atom. The van der Waals surface area contributed by atoms with Gasteiger partial charge in [-0.3, -0.25) is 9.78 Å². The Morgan fingerprint density at radius 3 is 2.40 bits per heavy atom. The van der Waals surface area contributed by atoms with E-state index >= 15 is 0 Å². The van der Waals surface area contributed by atoms with Crippen LogP contribution in [0.25, 0.3) is 0 Å². The maximum absolute atomic E-state index is 10.2. The second kappa shape index (κ2) is 6.01. The number of nitrogens with one attached hydrogen (secondary N) is 1. The summed E-state index contributed by atoms with van der Waals surface area (Å²) in [5.74, 6) is 0. The van der Waals surface area contributed by atoms with Crippen molar-refractivity contribution in [1.29, 1.82) is 0 Å². The Kier molecular flexibility index (Phi) is 5.33. The van der Waals surface area contributed by atoms with Crippen molar-refractivity contribution in [2.24, 2.45) is 0 Å². The lowest BCUT2D eigenvalue weighted by Gasteiger charge is -1.73. The van der Waals surface area contributed by atoms with E-state index in [0.717, 1.165) is 0 Å². The highest BCUT2D eigenvalue weighted by Gasteiger charge is 1.70. The largest absolute Gasteiger partial charge is 0.326 e. The van der Waals surface area contributed by atoms with Gasteiger partial charge in [0, 0.05) is 12.4 Å². The summed E-state index contributed by atoms with van der Waals surface area (Å²) in [6, 6.07) is 0. The molecule has 0 radical (unpaired) electrons. The average Bonchev–Trinajstić information content (AvgIpc) is 1.91. The molecular formula is C7H12N2O. The van der Waals surface area contributed by atoms with Gasteiger partial charge in [0.15, 0.2) is 0 Å². The second-order valence-corrected chi connectivity index (χ2v) is 1.81. The van der Waals surface area contributed by atoms with E-state index in [9.17, 15) is 4.79 Å². The maximum atomic E-state index is 10.2. The Balaban J connectivity index is 0.000000236. The second-order valence-electron chi connectivity index (χ2n) is 1.81. The van der Waals surface area contributed by atoms with Gasteiger partial charge < -0.3 is 4.98 Å². The lowest BCUT2D eigenvalue weighted by Crippen LogP contribution is -2.01. The summed E-state index contributed by atoms with van der Waals surface area (Å²) < 4.78 is 0. The molecular weight excluding hydrogens is 128 g/mol. The topological polar surface area (TPSA) is 45.8 Å². The molecule has 0 amide bonds. The first kappa shape index (κ1) is 8.88. The zero-order valence-electron chi connectivity index (χ0n) is 6.29. The van der Waals surface area contributed by atoms with Crippen LogP contribution in [0.3, 0.4) is 0 Å². The average molecular weight is 140 g/mol. The summed E-state index contributed by atoms with van der Waals surface area (Å²) in [6.07, 6.45) is 5.48. The van der Waals surface area contributed by atoms with Crippen LogP contribution in [0.15, 0.2) is 23.4 Å². The minimum Gasteiger partial charge on any atom is -0.326 e. The third kappa shape index (κ3) is 5.03. The summed E-state index contributed by atoms with van der Waals surface area (Å²) in [4.78, 5) is 16.1. The Labute approximate surface area is 60.1 Å². The highest BCUT2D eigenvalue weighted by atomic mass is 16.1. The van der Waals surface area contributed by atoms with E-state index in [1.807, 2.05) is 0 Å². The summed E-state index contributed by atoms with van der Waals surface area (Å²) in [7, 11) is 0. The van der Waals surface area contributed by atoms with Gasteiger partial charge in [0.05, 0.1) is 6.20 Å². The molecule has 0 saturated heterocycles. The molecule has 56 valence electrons. The van der Waals surface area contributed by atoms with Gasteiger partial charge in [-0.2, -0.15) is 0 Å². The first-order chi connectivity index (χ1) is 4.81. The van der Waals surface area contributed by atoms with E-state index < -0.39 is 0 Å². The monoisotopic (exact) mass is 140 g/mol. The minimum absolute atomic E-state index is 0.164. The number of nitrogens with zero attached hydrogens (tertiary/aromatic N) is 1. The molecule has 0 bridgehead atoms. The molecule has 0 aliphatic heterocycles. The number of aromatic amines is 1. The summed E-state index contributed by atoms with van der Waals surface area (Å²) in [5, 5.41) is 0. The zero-order chi connectivity index (χ0) is 7.82. The van der Waals surface area contributed by atoms with Crippen LogP contribution < -0.4 is 5.56 Å². The third-order valence-corrected chi connectivity index (χ3v) is 0.578. The molecule has 1 aromatic heterocycles. The van der Waals surface area contributed by atoms with Crippen molar-refractivity contribution in [2.45, 2.75) is 20.3 Å². The number of hydrogen-bond acceptors (Lipinski definition) is 2. The quantitative estimate of drug-likeness (QED) is 0.588. The van der Waals surface area contributed by atoms with Gasteiger partial charge >= 0.3 is 0 Å². The molecule has 0 aliphatic rings. The van der Waals surface area contributed by atoms with Crippen LogP contribution in [0, 0.1) is 0 Å². The van der Waals surface area contributed by atoms with E-state index in [2.05, 4.69) is 23.8 Å². The minimum atomic E-state index is -0.164. The van der Waals surface area contributed by atoms with Gasteiger partial charge in [0.1, 0.15) is 0 Å². The molecule has 0 fully saturated rings. The van der Waals surface area contributed by atoms with Crippen molar-refractivity contribution in [1.82, 2.24) is 9.97 Å². The van der Waals surface area contributed by atoms with Crippen molar-refractivity contribution in [3.8, 4) is 0 Å². The highest BCUT2D eigenvalue weighted by Crippen LogP contribution is 1.58. The molecule has 0 atom stereocenters. The van der Waals surface area contributed by atoms with Crippen molar-refractivity contribution >= 4 is 0 Å². The number of hydrogen-bond donors (Lipinski definition) is 1. The molecule has 10 heavy (non-hydrogen) atoms. The normalized spacial score (nSPS) is 7.80. The predicted octanol–water partition coefficient (Wildman–Crippen LogP) is 1.19. The fourth-order valence-corrected chi connectivity index (χ4v) is 0.310. The summed E-state index contributed by atoms with van der Waals surface area (Å²) >= 11 is 0. The van der Waals surface area contributed by atoms with Gasteiger partial charge in [-0.1, -0.05) is 20.3 Å². The van der Waals surface area contributed by atoms with Crippen molar-refractivity contribution < 1.29 is 0 Å². The lowest BCUT2D eigenvalue weighted by molar-refractivity contribution is 1.09. The van der Waals surface area contributed by atoms with Gasteiger partial charge in [-0.25, -0.2) is 0 Å². The van der Waals surface area contributed by atoms with E-state index in [-0.39, 0.29) is 5.56 Å². The van der Waals surface area contributed by atoms with Gasteiger partial charge in [0.2, 0.25) is 0 Å². The Hall–Kier alpha value is -1.12. The molecule has 0 spiro atoms. The Morgan fingerprint density at radius 1 is 1.60 bits per heavy atom. The zero-order valence-corrected chi connectivity index (χ0v) is 6.29. The molecule has 1 N–H and O–H groups in total. The van der Waals surface area contributed by atoms with Crippen LogP contribution in [-0.2, 0) is 0 Å². The standard InChI is InChI=1S/C4H4N2O.C3H8/c7-4-3-5-1-2-6-4;1-3-2/h1-3H,(H,6,7);3H2,1-2H3. The molecule has 0 unspecified atom stereocenters. The fraction of sp³-hybridized carbons (Fsp3) is 0.429. The van der Waals surface area contributed by atoms with Crippen LogP contribution in [0.1, 0.15) is 20.3 Å². The van der Waals surface area contributed by atoms with Crippen LogP contribution in [-0.4, -0.2) is 9.97 Å². The number of H-pyrrole nitrogens is 1. The molecule has 3 nitrogen and oxygen atoms in total. The van der Waals surface area contributed by atoms with Crippen LogP contribution >= 0.6 is 0 Å². The molecule has 1 aromatic rings. The maximum Gasteiger partial charge on any atom is 0.266 e. The van der Waals surface area contributed by atoms with Crippen LogP contribution in [0.2, 0.25) is 0 Å². The van der Waals surface area contributed by atoms with E-state index in [0.29, 0.717) is 0 Å². The SMILES string of the molecule is CCC.O=c1cncc[nH]1. The number of rotatable bonds is 0. The van der Waals surface area contributed by atoms with E-state index in [1.54, 1.807) is 0 Å². The molecule has 1 rings (SSSR count). The number of aromatic nitrogens is 2. The van der Waals surface area contributed by atoms with E-state index in [1.165, 1.54) is 25.0 Å². The molecule has 0 aromatic carbocycles. The summed E-state index contributed by atoms with van der Waals surface area (Å²) in [5.41, 5.74) is -0.164. The molecule has 0 saturated carbocycles. The van der Waals surface area contributed by atoms with Crippen molar-refractivity contribution in [2.75, 3.05) is 0 Å². The first-order valence-corrected chi connectivity index (χ1v) is 3.30. The lowest BCUT2D eigenvalue weighted by atomic mass is 10.6. The predicted molar refractivity (Wildman–Crippen MR) is 40.8 cm³/mol. The highest BCUT2D eigenvalue weighted by molar-refractivity contribution is 4.73. The van der Waals surface area contributed by atoms with Crippen molar-refractivity contribution in [3.63, 3.8) is 0 Å². The van der Waals surface area contributed by atoms with Gasteiger partial charge in [0.25, 0.3) is 5.56 Å². The third-order valence-electron chi connectivity index (χ3n) is 0.578. The van der Waals surface area contributed by atoms with Gasteiger partial charge in [-0.05, 0) is 0 Å². The van der Waals surface area contributed by atoms with Crippen molar-refractivity contribution in [3.05, 3.63) is 28.9 Å². The molecule has 3 heteroatoms. The molecule has 0 aliphatic carbocycles. The van der Waals surface area contributed by atoms with Crippen LogP contribution in [0.4, 0.5) is 0 Å². The summed E-state index contributed by atoms with van der Waals surface area (Å²) in [6.45, 7) is 4.25. The first-order valence-electron chi connectivity index (χ1n) is 3.30. The van der Waals surface area contributed by atoms with Crippen LogP contribution in [0.5, 0.6) is 0 Å². The molecule has 1 heterocycles. The van der Waals surface area contributed by atoms with Gasteiger partial charge in [-0.15, -0.1) is 0 Å². The Bertz CT molecular complexity index is 189. The fourth-order valence-electron chi connectivity index (χ4n) is 0.310. The smallest absolute Gasteiger partial charge is 0.266 e.